The van der Waals surface area contributed by atoms with E-state index < -0.39 is 5.97 Å². The molecule has 0 aliphatic carbocycles. The highest BCUT2D eigenvalue weighted by molar-refractivity contribution is 5.66. The molecule has 100 valence electrons. The Morgan fingerprint density at radius 1 is 1.67 bits per heavy atom. The topological polar surface area (TPSA) is 66.6 Å². The summed E-state index contributed by atoms with van der Waals surface area (Å²) in [6.45, 7) is 5.68. The molecule has 0 bridgehead atoms. The standard InChI is InChI=1S/C13H20N2O3/c1-9(2)10-8-12(18-14-10)11-4-3-6-15(11)7-5-13(16)17/h8-9,11H,3-7H2,1-2H3,(H,16,17)/t11-/m1/s1. The van der Waals surface area contributed by atoms with Gasteiger partial charge in [-0.15, -0.1) is 0 Å². The lowest BCUT2D eigenvalue weighted by Gasteiger charge is -2.21. The minimum Gasteiger partial charge on any atom is -0.481 e. The molecule has 5 nitrogen and oxygen atoms in total. The van der Waals surface area contributed by atoms with Gasteiger partial charge in [-0.2, -0.15) is 0 Å². The quantitative estimate of drug-likeness (QED) is 0.871. The van der Waals surface area contributed by atoms with E-state index in [1.807, 2.05) is 6.07 Å². The van der Waals surface area contributed by atoms with Crippen LogP contribution in [0.4, 0.5) is 0 Å². The van der Waals surface area contributed by atoms with Crippen LogP contribution in [0.5, 0.6) is 0 Å². The summed E-state index contributed by atoms with van der Waals surface area (Å²) in [5, 5.41) is 12.8. The van der Waals surface area contributed by atoms with Gasteiger partial charge in [0.1, 0.15) is 0 Å². The maximum atomic E-state index is 10.6. The third-order valence-electron chi connectivity index (χ3n) is 3.44. The van der Waals surface area contributed by atoms with Crippen LogP contribution >= 0.6 is 0 Å². The second-order valence-electron chi connectivity index (χ2n) is 5.15. The molecule has 0 spiro atoms. The summed E-state index contributed by atoms with van der Waals surface area (Å²) in [5.74, 6) is 0.485. The van der Waals surface area contributed by atoms with Gasteiger partial charge in [-0.05, 0) is 25.3 Å². The Bertz CT molecular complexity index is 414. The molecule has 1 fully saturated rings. The van der Waals surface area contributed by atoms with Crippen molar-refractivity contribution in [2.45, 2.75) is 45.1 Å². The van der Waals surface area contributed by atoms with Crippen molar-refractivity contribution in [2.24, 2.45) is 0 Å². The third kappa shape index (κ3) is 2.90. The zero-order chi connectivity index (χ0) is 13.1. The molecular formula is C13H20N2O3. The third-order valence-corrected chi connectivity index (χ3v) is 3.44. The molecule has 1 aromatic rings. The van der Waals surface area contributed by atoms with Gasteiger partial charge in [0.05, 0.1) is 18.2 Å². The van der Waals surface area contributed by atoms with Crippen LogP contribution in [0.3, 0.4) is 0 Å². The number of hydrogen-bond donors (Lipinski definition) is 1. The molecule has 0 unspecified atom stereocenters. The van der Waals surface area contributed by atoms with E-state index in [0.29, 0.717) is 12.5 Å². The fourth-order valence-electron chi connectivity index (χ4n) is 2.39. The molecule has 0 aromatic carbocycles. The van der Waals surface area contributed by atoms with E-state index in [4.69, 9.17) is 9.63 Å². The first-order valence-electron chi connectivity index (χ1n) is 6.50. The molecule has 1 aliphatic heterocycles. The number of aromatic nitrogens is 1. The molecule has 1 aromatic heterocycles. The number of hydrogen-bond acceptors (Lipinski definition) is 4. The fraction of sp³-hybridized carbons (Fsp3) is 0.692. The summed E-state index contributed by atoms with van der Waals surface area (Å²) in [4.78, 5) is 12.8. The Labute approximate surface area is 107 Å². The minimum absolute atomic E-state index is 0.182. The summed E-state index contributed by atoms with van der Waals surface area (Å²) in [6.07, 6.45) is 2.29. The fourth-order valence-corrected chi connectivity index (χ4v) is 2.39. The molecular weight excluding hydrogens is 232 g/mol. The van der Waals surface area contributed by atoms with Gasteiger partial charge in [0.15, 0.2) is 5.76 Å². The van der Waals surface area contributed by atoms with E-state index in [1.54, 1.807) is 0 Å². The van der Waals surface area contributed by atoms with E-state index in [1.165, 1.54) is 0 Å². The average Bonchev–Trinajstić information content (AvgIpc) is 2.94. The summed E-state index contributed by atoms with van der Waals surface area (Å²) < 4.78 is 5.41. The van der Waals surface area contributed by atoms with Gasteiger partial charge < -0.3 is 9.63 Å². The van der Waals surface area contributed by atoms with Gasteiger partial charge in [0.2, 0.25) is 0 Å². The molecule has 1 aliphatic rings. The van der Waals surface area contributed by atoms with Crippen LogP contribution in [0.1, 0.15) is 56.5 Å². The number of carboxylic acid groups (broad SMARTS) is 1. The average molecular weight is 252 g/mol. The number of likely N-dealkylation sites (tertiary alicyclic amines) is 1. The van der Waals surface area contributed by atoms with Crippen molar-refractivity contribution < 1.29 is 14.4 Å². The molecule has 0 radical (unpaired) electrons. The van der Waals surface area contributed by atoms with Crippen LogP contribution in [-0.2, 0) is 4.79 Å². The smallest absolute Gasteiger partial charge is 0.304 e. The molecule has 18 heavy (non-hydrogen) atoms. The Hall–Kier alpha value is -1.36. The monoisotopic (exact) mass is 252 g/mol. The first-order chi connectivity index (χ1) is 8.58. The second kappa shape index (κ2) is 5.52. The molecule has 0 saturated carbocycles. The SMILES string of the molecule is CC(C)c1cc([C@H]2CCCN2CCC(=O)O)on1. The maximum absolute atomic E-state index is 10.6. The highest BCUT2D eigenvalue weighted by atomic mass is 16.5. The summed E-state index contributed by atoms with van der Waals surface area (Å²) in [5.41, 5.74) is 0.968. The van der Waals surface area contributed by atoms with Crippen molar-refractivity contribution in [1.82, 2.24) is 10.1 Å². The lowest BCUT2D eigenvalue weighted by Crippen LogP contribution is -2.25. The van der Waals surface area contributed by atoms with Gasteiger partial charge in [-0.25, -0.2) is 0 Å². The maximum Gasteiger partial charge on any atom is 0.304 e. The van der Waals surface area contributed by atoms with E-state index in [-0.39, 0.29) is 12.5 Å². The minimum atomic E-state index is -0.749. The van der Waals surface area contributed by atoms with Crippen LogP contribution in [0.15, 0.2) is 10.6 Å². The Kier molecular flexibility index (Phi) is 4.01. The predicted octanol–water partition coefficient (Wildman–Crippen LogP) is 2.41. The van der Waals surface area contributed by atoms with Crippen molar-refractivity contribution in [2.75, 3.05) is 13.1 Å². The Morgan fingerprint density at radius 2 is 2.44 bits per heavy atom. The normalized spacial score (nSPS) is 20.7. The van der Waals surface area contributed by atoms with Gasteiger partial charge in [-0.1, -0.05) is 19.0 Å². The molecule has 2 rings (SSSR count). The Balaban J connectivity index is 2.03. The second-order valence-corrected chi connectivity index (χ2v) is 5.15. The lowest BCUT2D eigenvalue weighted by atomic mass is 10.1. The first-order valence-corrected chi connectivity index (χ1v) is 6.50. The van der Waals surface area contributed by atoms with Crippen LogP contribution in [0, 0.1) is 0 Å². The number of carbonyl (C=O) groups is 1. The van der Waals surface area contributed by atoms with Crippen LogP contribution in [-0.4, -0.2) is 34.2 Å². The van der Waals surface area contributed by atoms with E-state index in [2.05, 4.69) is 23.9 Å². The van der Waals surface area contributed by atoms with Crippen LogP contribution in [0.25, 0.3) is 0 Å². The van der Waals surface area contributed by atoms with E-state index >= 15 is 0 Å². The molecule has 5 heteroatoms. The zero-order valence-corrected chi connectivity index (χ0v) is 10.9. The number of carboxylic acids is 1. The predicted molar refractivity (Wildman–Crippen MR) is 66.4 cm³/mol. The molecule has 1 N–H and O–H groups in total. The largest absolute Gasteiger partial charge is 0.481 e. The molecule has 0 amide bonds. The highest BCUT2D eigenvalue weighted by Gasteiger charge is 2.29. The summed E-state index contributed by atoms with van der Waals surface area (Å²) in [7, 11) is 0. The highest BCUT2D eigenvalue weighted by Crippen LogP contribution is 2.33. The van der Waals surface area contributed by atoms with Gasteiger partial charge in [0, 0.05) is 12.6 Å². The van der Waals surface area contributed by atoms with Crippen molar-refractivity contribution in [3.8, 4) is 0 Å². The van der Waals surface area contributed by atoms with Gasteiger partial charge >= 0.3 is 5.97 Å². The molecule has 1 saturated heterocycles. The van der Waals surface area contributed by atoms with Gasteiger partial charge in [0.25, 0.3) is 0 Å². The van der Waals surface area contributed by atoms with Crippen LogP contribution < -0.4 is 0 Å². The molecule has 1 atom stereocenters. The lowest BCUT2D eigenvalue weighted by molar-refractivity contribution is -0.137. The van der Waals surface area contributed by atoms with Gasteiger partial charge in [-0.3, -0.25) is 9.69 Å². The first kappa shape index (κ1) is 13.1. The number of nitrogens with zero attached hydrogens (tertiary/aromatic N) is 2. The van der Waals surface area contributed by atoms with Crippen molar-refractivity contribution in [3.63, 3.8) is 0 Å². The zero-order valence-electron chi connectivity index (χ0n) is 10.9. The van der Waals surface area contributed by atoms with Crippen LogP contribution in [0.2, 0.25) is 0 Å². The van der Waals surface area contributed by atoms with E-state index in [9.17, 15) is 4.79 Å². The van der Waals surface area contributed by atoms with Crippen molar-refractivity contribution >= 4 is 5.97 Å². The van der Waals surface area contributed by atoms with E-state index in [0.717, 1.165) is 30.8 Å². The van der Waals surface area contributed by atoms with Crippen molar-refractivity contribution in [3.05, 3.63) is 17.5 Å². The number of aliphatic carboxylic acids is 1. The number of rotatable bonds is 5. The Morgan fingerprint density at radius 3 is 3.06 bits per heavy atom. The van der Waals surface area contributed by atoms with Crippen molar-refractivity contribution in [1.29, 1.82) is 0 Å². The summed E-state index contributed by atoms with van der Waals surface area (Å²) in [6, 6.07) is 2.21. The summed E-state index contributed by atoms with van der Waals surface area (Å²) >= 11 is 0. The molecule has 2 heterocycles.